The largest absolute Gasteiger partial charge is 0.257 e. The Labute approximate surface area is 104 Å². The van der Waals surface area contributed by atoms with E-state index >= 15 is 0 Å². The van der Waals surface area contributed by atoms with Gasteiger partial charge in [0.1, 0.15) is 0 Å². The number of alkyl halides is 1. The molecule has 1 aromatic rings. The number of nitrogens with one attached hydrogen (secondary N) is 1. The fraction of sp³-hybridized carbons (Fsp3) is 0.667. The Morgan fingerprint density at radius 2 is 2.31 bits per heavy atom. The van der Waals surface area contributed by atoms with Crippen LogP contribution in [0.1, 0.15) is 19.8 Å². The third-order valence-corrected chi connectivity index (χ3v) is 4.88. The lowest BCUT2D eigenvalue weighted by Gasteiger charge is -2.08. The monoisotopic (exact) mass is 309 g/mol. The van der Waals surface area contributed by atoms with E-state index in [9.17, 15) is 8.42 Å². The molecule has 0 aliphatic rings. The zero-order valence-electron chi connectivity index (χ0n) is 9.35. The van der Waals surface area contributed by atoms with Crippen molar-refractivity contribution in [2.75, 3.05) is 6.54 Å². The molecule has 0 aliphatic heterocycles. The van der Waals surface area contributed by atoms with E-state index in [1.54, 1.807) is 7.05 Å². The van der Waals surface area contributed by atoms with Crippen molar-refractivity contribution in [3.05, 3.63) is 12.3 Å². The molecule has 1 heterocycles. The van der Waals surface area contributed by atoms with Crippen molar-refractivity contribution in [1.29, 1.82) is 0 Å². The summed E-state index contributed by atoms with van der Waals surface area (Å²) >= 11 is 3.46. The van der Waals surface area contributed by atoms with Gasteiger partial charge in [-0.3, -0.25) is 4.68 Å². The van der Waals surface area contributed by atoms with Gasteiger partial charge in [-0.15, -0.1) is 0 Å². The van der Waals surface area contributed by atoms with Crippen LogP contribution in [0.4, 0.5) is 0 Å². The van der Waals surface area contributed by atoms with Crippen molar-refractivity contribution in [3.8, 4) is 0 Å². The highest BCUT2D eigenvalue weighted by Crippen LogP contribution is 2.10. The highest BCUT2D eigenvalue weighted by Gasteiger charge is 2.17. The second-order valence-electron chi connectivity index (χ2n) is 3.49. The smallest absolute Gasteiger partial charge is 0.256 e. The van der Waals surface area contributed by atoms with Crippen LogP contribution >= 0.6 is 15.9 Å². The topological polar surface area (TPSA) is 64.0 Å². The third-order valence-electron chi connectivity index (χ3n) is 2.24. The number of aromatic nitrogens is 2. The Morgan fingerprint density at radius 3 is 2.81 bits per heavy atom. The lowest BCUT2D eigenvalue weighted by atomic mass is 10.2. The van der Waals surface area contributed by atoms with Crippen LogP contribution < -0.4 is 4.72 Å². The molecule has 0 spiro atoms. The van der Waals surface area contributed by atoms with Crippen LogP contribution in [-0.2, 0) is 17.1 Å². The zero-order chi connectivity index (χ0) is 12.2. The Balaban J connectivity index is 2.57. The first-order chi connectivity index (χ1) is 7.47. The first-order valence-electron chi connectivity index (χ1n) is 5.09. The number of hydrogen-bond donors (Lipinski definition) is 1. The van der Waals surface area contributed by atoms with Crippen LogP contribution in [0.25, 0.3) is 0 Å². The summed E-state index contributed by atoms with van der Waals surface area (Å²) < 4.78 is 27.5. The molecule has 0 aromatic carbocycles. The molecule has 1 rings (SSSR count). The fourth-order valence-corrected chi connectivity index (χ4v) is 2.65. The molecule has 0 aliphatic carbocycles. The van der Waals surface area contributed by atoms with Gasteiger partial charge in [0.05, 0.1) is 6.20 Å². The molecule has 16 heavy (non-hydrogen) atoms. The number of nitrogens with zero attached hydrogens (tertiary/aromatic N) is 2. The predicted molar refractivity (Wildman–Crippen MR) is 66.0 cm³/mol. The molecule has 0 fully saturated rings. The summed E-state index contributed by atoms with van der Waals surface area (Å²) in [4.78, 5) is 0.349. The van der Waals surface area contributed by atoms with E-state index in [0.29, 0.717) is 11.4 Å². The summed E-state index contributed by atoms with van der Waals surface area (Å²) in [5.41, 5.74) is 0. The highest BCUT2D eigenvalue weighted by atomic mass is 79.9. The SMILES string of the molecule is CCC(Br)CCNS(=O)(=O)c1ccnn1C. The Bertz CT molecular complexity index is 430. The van der Waals surface area contributed by atoms with Crippen LogP contribution in [0, 0.1) is 0 Å². The van der Waals surface area contributed by atoms with Gasteiger partial charge in [-0.2, -0.15) is 5.10 Å². The number of aryl methyl sites for hydroxylation is 1. The number of rotatable bonds is 6. The van der Waals surface area contributed by atoms with Crippen LogP contribution in [0.2, 0.25) is 0 Å². The van der Waals surface area contributed by atoms with Crippen LogP contribution in [0.15, 0.2) is 17.3 Å². The maximum atomic E-state index is 11.8. The van der Waals surface area contributed by atoms with Gasteiger partial charge >= 0.3 is 0 Å². The third kappa shape index (κ3) is 3.57. The molecule has 0 amide bonds. The van der Waals surface area contributed by atoms with Crippen molar-refractivity contribution in [2.45, 2.75) is 29.6 Å². The summed E-state index contributed by atoms with van der Waals surface area (Å²) in [5, 5.41) is 4.02. The zero-order valence-corrected chi connectivity index (χ0v) is 11.8. The Kier molecular flexibility index (Phi) is 4.94. The molecule has 0 saturated carbocycles. The first-order valence-corrected chi connectivity index (χ1v) is 7.49. The minimum Gasteiger partial charge on any atom is -0.256 e. The van der Waals surface area contributed by atoms with Crippen molar-refractivity contribution in [2.24, 2.45) is 7.05 Å². The number of hydrogen-bond acceptors (Lipinski definition) is 3. The van der Waals surface area contributed by atoms with E-state index in [2.05, 4.69) is 32.7 Å². The summed E-state index contributed by atoms with van der Waals surface area (Å²) in [5.74, 6) is 0. The number of halogens is 1. The van der Waals surface area contributed by atoms with Crippen LogP contribution in [0.5, 0.6) is 0 Å². The summed E-state index contributed by atoms with van der Waals surface area (Å²) in [6.45, 7) is 2.48. The summed E-state index contributed by atoms with van der Waals surface area (Å²) in [6.07, 6.45) is 3.22. The molecule has 1 N–H and O–H groups in total. The van der Waals surface area contributed by atoms with Crippen molar-refractivity contribution >= 4 is 26.0 Å². The first kappa shape index (κ1) is 13.7. The Hall–Kier alpha value is -0.400. The van der Waals surface area contributed by atoms with Gasteiger partial charge in [0.2, 0.25) is 0 Å². The highest BCUT2D eigenvalue weighted by molar-refractivity contribution is 9.09. The van der Waals surface area contributed by atoms with Gasteiger partial charge in [0, 0.05) is 18.4 Å². The molecule has 1 atom stereocenters. The Morgan fingerprint density at radius 1 is 1.62 bits per heavy atom. The molecule has 0 saturated heterocycles. The quantitative estimate of drug-likeness (QED) is 0.805. The molecule has 5 nitrogen and oxygen atoms in total. The van der Waals surface area contributed by atoms with E-state index in [1.165, 1.54) is 16.9 Å². The minimum absolute atomic E-state index is 0.190. The minimum atomic E-state index is -3.42. The van der Waals surface area contributed by atoms with Gasteiger partial charge < -0.3 is 0 Å². The maximum absolute atomic E-state index is 11.8. The average molecular weight is 310 g/mol. The van der Waals surface area contributed by atoms with Gasteiger partial charge in [-0.25, -0.2) is 13.1 Å². The second kappa shape index (κ2) is 5.79. The average Bonchev–Trinajstić information content (AvgIpc) is 2.64. The summed E-state index contributed by atoms with van der Waals surface area (Å²) in [6, 6.07) is 1.48. The second-order valence-corrected chi connectivity index (χ2v) is 6.49. The van der Waals surface area contributed by atoms with Crippen LogP contribution in [0.3, 0.4) is 0 Å². The lowest BCUT2D eigenvalue weighted by molar-refractivity contribution is 0.560. The van der Waals surface area contributed by atoms with E-state index in [4.69, 9.17) is 0 Å². The van der Waals surface area contributed by atoms with E-state index in [-0.39, 0.29) is 5.03 Å². The molecule has 1 aromatic heterocycles. The standard InChI is InChI=1S/C9H16BrN3O2S/c1-3-8(10)4-7-12-16(14,15)9-5-6-11-13(9)2/h5-6,8,12H,3-4,7H2,1-2H3. The molecule has 1 unspecified atom stereocenters. The molecular weight excluding hydrogens is 294 g/mol. The van der Waals surface area contributed by atoms with E-state index in [0.717, 1.165) is 12.8 Å². The van der Waals surface area contributed by atoms with Gasteiger partial charge in [0.15, 0.2) is 5.03 Å². The maximum Gasteiger partial charge on any atom is 0.257 e. The number of sulfonamides is 1. The normalized spacial score (nSPS) is 13.9. The van der Waals surface area contributed by atoms with Crippen LogP contribution in [-0.4, -0.2) is 29.6 Å². The van der Waals surface area contributed by atoms with E-state index < -0.39 is 10.0 Å². The lowest BCUT2D eigenvalue weighted by Crippen LogP contribution is -2.27. The molecule has 92 valence electrons. The van der Waals surface area contributed by atoms with E-state index in [1.807, 2.05) is 0 Å². The van der Waals surface area contributed by atoms with Crippen molar-refractivity contribution in [3.63, 3.8) is 0 Å². The van der Waals surface area contributed by atoms with Gasteiger partial charge in [-0.05, 0) is 18.9 Å². The van der Waals surface area contributed by atoms with Crippen molar-refractivity contribution < 1.29 is 8.42 Å². The molecule has 7 heteroatoms. The van der Waals surface area contributed by atoms with Crippen molar-refractivity contribution in [1.82, 2.24) is 14.5 Å². The molecule has 0 bridgehead atoms. The molecular formula is C9H16BrN3O2S. The predicted octanol–water partition coefficient (Wildman–Crippen LogP) is 1.26. The van der Waals surface area contributed by atoms with Gasteiger partial charge in [-0.1, -0.05) is 22.9 Å². The summed E-state index contributed by atoms with van der Waals surface area (Å²) in [7, 11) is -1.82. The fourth-order valence-electron chi connectivity index (χ4n) is 1.25. The molecule has 0 radical (unpaired) electrons. The van der Waals surface area contributed by atoms with Gasteiger partial charge in [0.25, 0.3) is 10.0 Å².